The van der Waals surface area contributed by atoms with Crippen LogP contribution in [-0.4, -0.2) is 124 Å². The number of para-hydroxylation sites is 1. The molecule has 1 saturated carbocycles. The van der Waals surface area contributed by atoms with Gasteiger partial charge in [0.1, 0.15) is 17.8 Å². The van der Waals surface area contributed by atoms with Gasteiger partial charge in [-0.2, -0.15) is 0 Å². The number of amides is 4. The van der Waals surface area contributed by atoms with Crippen LogP contribution in [-0.2, 0) is 45.1 Å². The second-order valence-electron chi connectivity index (χ2n) is 23.4. The van der Waals surface area contributed by atoms with E-state index in [0.717, 1.165) is 98.1 Å². The van der Waals surface area contributed by atoms with E-state index in [1.807, 2.05) is 118 Å². The summed E-state index contributed by atoms with van der Waals surface area (Å²) in [5, 5.41) is 21.0. The largest absolute Gasteiger partial charge is 0.494 e. The lowest BCUT2D eigenvalue weighted by molar-refractivity contribution is -0.145. The molecule has 11 rings (SSSR count). The van der Waals surface area contributed by atoms with Gasteiger partial charge in [0.15, 0.2) is 16.0 Å². The van der Waals surface area contributed by atoms with Gasteiger partial charge in [-0.05, 0) is 115 Å². The first-order chi connectivity index (χ1) is 40.5. The van der Waals surface area contributed by atoms with E-state index in [-0.39, 0.29) is 55.0 Å². The summed E-state index contributed by atoms with van der Waals surface area (Å²) in [5.74, 6) is 6.38. The Labute approximate surface area is 501 Å². The predicted molar refractivity (Wildman–Crippen MR) is 327 cm³/mol. The fourth-order valence-corrected chi connectivity index (χ4v) is 14.3. The lowest BCUT2D eigenvalue weighted by atomic mass is 9.73. The SMILES string of the molecule is COC(=O)c1nc(N2CCc3cccc(C(=O)Nc4nc5ccccc5s4)c3C2)sc1CCCOc1ccc(C#CC2CN(CC3CC(C(=O)N[C@H](C(=O)N4C[C@H](O)C[C@H]4C(=O)NCc4ccc(-c5scnc5C)cc4)C(C)(C)C)C3)C2)cc1. The first-order valence-corrected chi connectivity index (χ1v) is 31.2. The number of aromatic nitrogens is 3. The van der Waals surface area contributed by atoms with E-state index in [1.54, 1.807) is 11.3 Å². The Balaban J connectivity index is 0.598. The Kier molecular flexibility index (Phi) is 17.6. The lowest BCUT2D eigenvalue weighted by Gasteiger charge is -2.44. The molecule has 0 bridgehead atoms. The highest BCUT2D eigenvalue weighted by Crippen LogP contribution is 2.38. The van der Waals surface area contributed by atoms with Crippen molar-refractivity contribution < 1.29 is 38.6 Å². The fraction of sp³-hybridized carbons (Fsp3) is 0.406. The number of hydrogen-bond donors (Lipinski definition) is 4. The van der Waals surface area contributed by atoms with Crippen LogP contribution in [0.2, 0.25) is 0 Å². The van der Waals surface area contributed by atoms with Crippen LogP contribution in [0.25, 0.3) is 20.7 Å². The van der Waals surface area contributed by atoms with Crippen molar-refractivity contribution in [2.75, 3.05) is 56.7 Å². The number of anilines is 2. The third-order valence-electron chi connectivity index (χ3n) is 16.2. The van der Waals surface area contributed by atoms with Gasteiger partial charge in [0.2, 0.25) is 17.7 Å². The number of fused-ring (bicyclic) bond motifs is 2. The molecule has 0 spiro atoms. The minimum absolute atomic E-state index is 0.0243. The van der Waals surface area contributed by atoms with Crippen LogP contribution in [0.4, 0.5) is 10.3 Å². The number of methoxy groups -OCH3 is 1. The molecule has 6 heterocycles. The Bertz CT molecular complexity index is 3590. The summed E-state index contributed by atoms with van der Waals surface area (Å²) in [4.78, 5) is 89.7. The highest BCUT2D eigenvalue weighted by atomic mass is 32.1. The summed E-state index contributed by atoms with van der Waals surface area (Å²) in [6.07, 6.45) is 2.72. The van der Waals surface area contributed by atoms with Gasteiger partial charge in [-0.25, -0.2) is 19.7 Å². The monoisotopic (exact) mass is 1190 g/mol. The minimum Gasteiger partial charge on any atom is -0.494 e. The van der Waals surface area contributed by atoms with Crippen LogP contribution in [0.5, 0.6) is 5.75 Å². The van der Waals surface area contributed by atoms with E-state index in [2.05, 4.69) is 53.6 Å². The number of likely N-dealkylation sites (tertiary alicyclic amines) is 2. The van der Waals surface area contributed by atoms with Crippen LogP contribution in [0.15, 0.2) is 96.5 Å². The molecule has 20 heteroatoms. The summed E-state index contributed by atoms with van der Waals surface area (Å²) >= 11 is 4.50. The molecule has 3 fully saturated rings. The van der Waals surface area contributed by atoms with Crippen LogP contribution < -0.4 is 25.6 Å². The molecule has 436 valence electrons. The van der Waals surface area contributed by atoms with Gasteiger partial charge in [0, 0.05) is 80.1 Å². The van der Waals surface area contributed by atoms with Crippen LogP contribution >= 0.6 is 34.0 Å². The quantitative estimate of drug-likeness (QED) is 0.0360. The number of benzene rings is 4. The number of aliphatic hydroxyl groups is 1. The summed E-state index contributed by atoms with van der Waals surface area (Å²) < 4.78 is 12.3. The number of rotatable bonds is 18. The third-order valence-corrected chi connectivity index (χ3v) is 19.3. The van der Waals surface area contributed by atoms with E-state index < -0.39 is 29.6 Å². The number of thiazole rings is 3. The van der Waals surface area contributed by atoms with Crippen molar-refractivity contribution in [1.29, 1.82) is 0 Å². The number of aliphatic hydroxyl groups excluding tert-OH is 1. The van der Waals surface area contributed by atoms with Gasteiger partial charge in [-0.15, -0.1) is 22.7 Å². The molecule has 3 aromatic heterocycles. The zero-order valence-corrected chi connectivity index (χ0v) is 50.3. The first kappa shape index (κ1) is 58.2. The zero-order valence-electron chi connectivity index (χ0n) is 47.8. The Morgan fingerprint density at radius 1 is 0.893 bits per heavy atom. The van der Waals surface area contributed by atoms with Crippen molar-refractivity contribution >= 4 is 84.1 Å². The van der Waals surface area contributed by atoms with Crippen molar-refractivity contribution in [2.24, 2.45) is 23.2 Å². The number of carbonyl (C=O) groups excluding carboxylic acids is 5. The number of nitrogens with zero attached hydrogens (tertiary/aromatic N) is 6. The number of aryl methyl sites for hydroxylation is 2. The van der Waals surface area contributed by atoms with Gasteiger partial charge < -0.3 is 39.9 Å². The number of ether oxygens (including phenoxy) is 2. The zero-order chi connectivity index (χ0) is 58.6. The molecule has 1 aliphatic carbocycles. The van der Waals surface area contributed by atoms with Gasteiger partial charge in [-0.1, -0.05) is 92.5 Å². The molecule has 4 amide bonds. The molecule has 3 aliphatic heterocycles. The van der Waals surface area contributed by atoms with Gasteiger partial charge in [0.05, 0.1) is 46.1 Å². The van der Waals surface area contributed by atoms with Crippen LogP contribution in [0.1, 0.15) is 100 Å². The minimum atomic E-state index is -0.867. The van der Waals surface area contributed by atoms with Crippen molar-refractivity contribution in [1.82, 2.24) is 35.4 Å². The molecule has 2 saturated heterocycles. The van der Waals surface area contributed by atoms with E-state index in [1.165, 1.54) is 34.7 Å². The van der Waals surface area contributed by atoms with E-state index in [0.29, 0.717) is 60.0 Å². The van der Waals surface area contributed by atoms with Gasteiger partial charge >= 0.3 is 5.97 Å². The normalized spacial score (nSPS) is 19.1. The topological polar surface area (TPSA) is 209 Å². The molecule has 17 nitrogen and oxygen atoms in total. The lowest BCUT2D eigenvalue weighted by Crippen LogP contribution is -2.59. The van der Waals surface area contributed by atoms with Crippen molar-refractivity contribution in [3.05, 3.63) is 141 Å². The van der Waals surface area contributed by atoms with Crippen molar-refractivity contribution in [3.63, 3.8) is 0 Å². The molecular formula is C64H69N9O8S3. The van der Waals surface area contributed by atoms with E-state index in [4.69, 9.17) is 14.5 Å². The highest BCUT2D eigenvalue weighted by Gasteiger charge is 2.46. The predicted octanol–water partition coefficient (Wildman–Crippen LogP) is 8.92. The molecule has 0 unspecified atom stereocenters. The third kappa shape index (κ3) is 13.4. The smallest absolute Gasteiger partial charge is 0.357 e. The number of β-amino-alcohol motifs (C(OH)–C–C–N with tert-alkyl or cyclic N) is 1. The molecule has 4 aromatic carbocycles. The summed E-state index contributed by atoms with van der Waals surface area (Å²) in [7, 11) is 1.36. The molecule has 84 heavy (non-hydrogen) atoms. The van der Waals surface area contributed by atoms with E-state index >= 15 is 0 Å². The fourth-order valence-electron chi connectivity index (χ4n) is 11.5. The number of nitrogens with one attached hydrogen (secondary N) is 3. The number of esters is 1. The Morgan fingerprint density at radius 3 is 2.42 bits per heavy atom. The molecular weight excluding hydrogens is 1120 g/mol. The second-order valence-corrected chi connectivity index (χ2v) is 26.3. The maximum Gasteiger partial charge on any atom is 0.357 e. The maximum absolute atomic E-state index is 14.2. The van der Waals surface area contributed by atoms with Gasteiger partial charge in [0.25, 0.3) is 5.91 Å². The molecule has 7 aromatic rings. The molecule has 4 aliphatic rings. The van der Waals surface area contributed by atoms with Crippen LogP contribution in [0.3, 0.4) is 0 Å². The maximum atomic E-state index is 14.2. The van der Waals surface area contributed by atoms with Gasteiger partial charge in [-0.3, -0.25) is 24.5 Å². The number of carbonyl (C=O) groups is 5. The van der Waals surface area contributed by atoms with Crippen LogP contribution in [0, 0.1) is 41.9 Å². The average Bonchev–Trinajstić information content (AvgIpc) is 4.49. The second kappa shape index (κ2) is 25.4. The Hall–Kier alpha value is -7.54. The van der Waals surface area contributed by atoms with Crippen molar-refractivity contribution in [2.45, 2.75) is 97.5 Å². The molecule has 0 radical (unpaired) electrons. The summed E-state index contributed by atoms with van der Waals surface area (Å²) in [5.41, 5.74) is 8.82. The highest BCUT2D eigenvalue weighted by molar-refractivity contribution is 7.22. The van der Waals surface area contributed by atoms with E-state index in [9.17, 15) is 29.1 Å². The molecule has 3 atom stereocenters. The standard InChI is InChI=1S/C64H69N9O8S3/c1-38-55(82-37-66-38)44-21-17-40(18-22-44)31-65-59(77)51-30-46(74)35-73(51)60(78)56(64(2,3)4)69-57(75)45-28-42(29-45)34-71-32-41(33-71)16-15-39-19-23-47(24-20-39)81-27-9-14-53-54(61(79)80-5)68-63(84-53)72-26-25-43-10-8-11-48(49(43)36-72)58(76)70-62-67-50-12-6-7-13-52(50)83-62/h6-8,10-13,17-24,37,41-42,45-46,51,56,74H,9,14,25-36H2,1-5H3,(H,65,77)(H,69,75)(H,67,70,76)/t42?,45?,46-,51+,56-/m1/s1. The van der Waals surface area contributed by atoms with Crippen molar-refractivity contribution in [3.8, 4) is 28.0 Å². The number of hydrogen-bond acceptors (Lipinski definition) is 16. The summed E-state index contributed by atoms with van der Waals surface area (Å²) in [6, 6.07) is 27.6. The summed E-state index contributed by atoms with van der Waals surface area (Å²) in [6.45, 7) is 12.2. The Morgan fingerprint density at radius 2 is 1.68 bits per heavy atom. The molecule has 4 N–H and O–H groups in total. The average molecular weight is 1190 g/mol. The first-order valence-electron chi connectivity index (χ1n) is 28.7.